The van der Waals surface area contributed by atoms with Crippen LogP contribution >= 0.6 is 11.6 Å². The minimum atomic E-state index is -1.48. The summed E-state index contributed by atoms with van der Waals surface area (Å²) in [6.07, 6.45) is 2.43. The summed E-state index contributed by atoms with van der Waals surface area (Å²) in [6.45, 7) is 1.27. The second-order valence-corrected chi connectivity index (χ2v) is 9.36. The summed E-state index contributed by atoms with van der Waals surface area (Å²) >= 11 is 6.50. The van der Waals surface area contributed by atoms with Crippen LogP contribution in [0.1, 0.15) is 16.7 Å². The second kappa shape index (κ2) is 8.99. The smallest absolute Gasteiger partial charge is 0.318 e. The first-order valence-corrected chi connectivity index (χ1v) is 11.6. The summed E-state index contributed by atoms with van der Waals surface area (Å²) in [5, 5.41) is 23.6. The lowest BCUT2D eigenvalue weighted by Crippen LogP contribution is -2.43. The molecule has 3 aromatic rings. The molecule has 1 aromatic heterocycles. The highest BCUT2D eigenvalue weighted by molar-refractivity contribution is 6.33. The van der Waals surface area contributed by atoms with Gasteiger partial charge in [0.25, 0.3) is 0 Å². The van der Waals surface area contributed by atoms with Crippen molar-refractivity contribution in [1.82, 2.24) is 14.9 Å². The Morgan fingerprint density at radius 2 is 2.09 bits per heavy atom. The maximum Gasteiger partial charge on any atom is 0.318 e. The molecule has 0 saturated carbocycles. The SMILES string of the molecule is COc1cc2c(cc1Nc1ncc(Cl)c(N3CC(CO)(C(=O)O)c4ccccc43)n1)CN(C)CC2. The number of para-hydroxylation sites is 1. The van der Waals surface area contributed by atoms with E-state index in [1.54, 1.807) is 30.2 Å². The third-order valence-electron chi connectivity index (χ3n) is 6.77. The number of benzene rings is 2. The van der Waals surface area contributed by atoms with Crippen molar-refractivity contribution < 1.29 is 19.7 Å². The van der Waals surface area contributed by atoms with Gasteiger partial charge in [-0.3, -0.25) is 4.79 Å². The molecule has 1 unspecified atom stereocenters. The molecule has 0 amide bonds. The van der Waals surface area contributed by atoms with Gasteiger partial charge >= 0.3 is 5.97 Å². The van der Waals surface area contributed by atoms with Gasteiger partial charge in [-0.25, -0.2) is 4.98 Å². The number of halogens is 1. The number of likely N-dealkylation sites (N-methyl/N-ethyl adjacent to an activating group) is 1. The number of fused-ring (bicyclic) bond motifs is 2. The van der Waals surface area contributed by atoms with E-state index in [1.807, 2.05) is 18.2 Å². The van der Waals surface area contributed by atoms with Crippen LogP contribution in [0.4, 0.5) is 23.1 Å². The molecule has 2 aromatic carbocycles. The van der Waals surface area contributed by atoms with Crippen molar-refractivity contribution in [2.45, 2.75) is 18.4 Å². The van der Waals surface area contributed by atoms with Crippen molar-refractivity contribution in [1.29, 1.82) is 0 Å². The Labute approximate surface area is 207 Å². The number of nitrogens with one attached hydrogen (secondary N) is 1. The molecule has 3 N–H and O–H groups in total. The van der Waals surface area contributed by atoms with E-state index in [9.17, 15) is 15.0 Å². The van der Waals surface area contributed by atoms with E-state index in [0.717, 1.165) is 25.2 Å². The van der Waals surface area contributed by atoms with Gasteiger partial charge in [0.2, 0.25) is 5.95 Å². The van der Waals surface area contributed by atoms with Crippen LogP contribution in [0.5, 0.6) is 5.75 Å². The molecule has 3 heterocycles. The van der Waals surface area contributed by atoms with Crippen molar-refractivity contribution >= 4 is 40.7 Å². The largest absolute Gasteiger partial charge is 0.495 e. The van der Waals surface area contributed by atoms with Gasteiger partial charge in [0.1, 0.15) is 16.2 Å². The van der Waals surface area contributed by atoms with Gasteiger partial charge in [0.15, 0.2) is 5.82 Å². The normalized spacial score (nSPS) is 19.3. The molecule has 0 spiro atoms. The number of rotatable bonds is 6. The van der Waals surface area contributed by atoms with Crippen LogP contribution in [-0.2, 0) is 23.2 Å². The second-order valence-electron chi connectivity index (χ2n) is 8.95. The molecule has 2 aliphatic rings. The molecule has 0 bridgehead atoms. The van der Waals surface area contributed by atoms with Crippen LogP contribution < -0.4 is 15.0 Å². The average Bonchev–Trinajstić information content (AvgIpc) is 3.20. The molecule has 0 saturated heterocycles. The molecule has 0 radical (unpaired) electrons. The third kappa shape index (κ3) is 3.95. The molecule has 5 rings (SSSR count). The number of aliphatic hydroxyl groups excluding tert-OH is 1. The van der Waals surface area contributed by atoms with Gasteiger partial charge in [0.05, 0.1) is 25.6 Å². The summed E-state index contributed by atoms with van der Waals surface area (Å²) in [4.78, 5) is 25.2. The topological polar surface area (TPSA) is 111 Å². The van der Waals surface area contributed by atoms with Crippen molar-refractivity contribution in [3.63, 3.8) is 0 Å². The molecular weight excluding hydrogens is 470 g/mol. The summed E-state index contributed by atoms with van der Waals surface area (Å²) < 4.78 is 5.62. The van der Waals surface area contributed by atoms with E-state index in [-0.39, 0.29) is 11.6 Å². The fraction of sp³-hybridized carbons (Fsp3) is 0.320. The van der Waals surface area contributed by atoms with Gasteiger partial charge in [-0.1, -0.05) is 29.8 Å². The van der Waals surface area contributed by atoms with E-state index in [0.29, 0.717) is 28.8 Å². The van der Waals surface area contributed by atoms with Crippen LogP contribution in [0.15, 0.2) is 42.6 Å². The Hall–Kier alpha value is -3.40. The van der Waals surface area contributed by atoms with E-state index < -0.39 is 18.0 Å². The van der Waals surface area contributed by atoms with Gasteiger partial charge in [0, 0.05) is 25.3 Å². The number of methoxy groups -OCH3 is 1. The lowest BCUT2D eigenvalue weighted by molar-refractivity contribution is -0.144. The summed E-state index contributed by atoms with van der Waals surface area (Å²) in [7, 11) is 3.71. The highest BCUT2D eigenvalue weighted by Crippen LogP contribution is 2.46. The van der Waals surface area contributed by atoms with Crippen LogP contribution in [-0.4, -0.2) is 64.9 Å². The van der Waals surface area contributed by atoms with Crippen molar-refractivity contribution in [3.05, 3.63) is 64.3 Å². The predicted molar refractivity (Wildman–Crippen MR) is 133 cm³/mol. The zero-order valence-electron chi connectivity index (χ0n) is 19.5. The molecule has 0 aliphatic carbocycles. The Balaban J connectivity index is 1.53. The fourth-order valence-electron chi connectivity index (χ4n) is 4.85. The first kappa shape index (κ1) is 23.3. The van der Waals surface area contributed by atoms with Crippen LogP contribution in [0.2, 0.25) is 5.02 Å². The highest BCUT2D eigenvalue weighted by atomic mass is 35.5. The highest BCUT2D eigenvalue weighted by Gasteiger charge is 2.49. The molecule has 182 valence electrons. The first-order valence-electron chi connectivity index (χ1n) is 11.3. The summed E-state index contributed by atoms with van der Waals surface area (Å²) in [6, 6.07) is 11.2. The van der Waals surface area contributed by atoms with Crippen LogP contribution in [0.25, 0.3) is 0 Å². The third-order valence-corrected chi connectivity index (χ3v) is 7.04. The minimum Gasteiger partial charge on any atom is -0.495 e. The Morgan fingerprint density at radius 1 is 1.29 bits per heavy atom. The maximum absolute atomic E-state index is 12.2. The zero-order valence-corrected chi connectivity index (χ0v) is 20.2. The van der Waals surface area contributed by atoms with Crippen LogP contribution in [0, 0.1) is 0 Å². The van der Waals surface area contributed by atoms with Crippen LogP contribution in [0.3, 0.4) is 0 Å². The number of hydrogen-bond acceptors (Lipinski definition) is 8. The molecule has 1 atom stereocenters. The summed E-state index contributed by atoms with van der Waals surface area (Å²) in [5.74, 6) is 0.221. The number of anilines is 4. The Morgan fingerprint density at radius 3 is 2.83 bits per heavy atom. The van der Waals surface area contributed by atoms with E-state index in [4.69, 9.17) is 16.3 Å². The average molecular weight is 496 g/mol. The van der Waals surface area contributed by atoms with Gasteiger partial charge in [-0.05, 0) is 48.4 Å². The van der Waals surface area contributed by atoms with Crippen molar-refractivity contribution in [2.24, 2.45) is 0 Å². The molecule has 2 aliphatic heterocycles. The van der Waals surface area contributed by atoms with Gasteiger partial charge in [-0.2, -0.15) is 4.98 Å². The number of ether oxygens (including phenoxy) is 1. The minimum absolute atomic E-state index is 0.0111. The standard InChI is InChI=1S/C25H26ClN5O4/c1-30-8-7-15-10-21(35-2)19(9-16(15)12-30)28-24-27-11-18(26)22(29-24)31-13-25(14-32,23(33)34)17-5-3-4-6-20(17)31/h3-6,9-11,32H,7-8,12-14H2,1-2H3,(H,33,34)(H,27,28,29). The van der Waals surface area contributed by atoms with E-state index in [1.165, 1.54) is 17.3 Å². The quantitative estimate of drug-likeness (QED) is 0.474. The predicted octanol–water partition coefficient (Wildman–Crippen LogP) is 3.34. The number of carbonyl (C=O) groups is 1. The number of hydrogen-bond donors (Lipinski definition) is 3. The molecule has 35 heavy (non-hydrogen) atoms. The zero-order chi connectivity index (χ0) is 24.7. The Bertz CT molecular complexity index is 1300. The molecule has 0 fully saturated rings. The summed E-state index contributed by atoms with van der Waals surface area (Å²) in [5.41, 5.74) is 2.85. The van der Waals surface area contributed by atoms with Gasteiger partial charge < -0.3 is 30.1 Å². The number of aliphatic hydroxyl groups is 1. The van der Waals surface area contributed by atoms with Crippen molar-refractivity contribution in [2.75, 3.05) is 44.1 Å². The number of nitrogens with zero attached hydrogens (tertiary/aromatic N) is 4. The van der Waals surface area contributed by atoms with Crippen molar-refractivity contribution in [3.8, 4) is 5.75 Å². The number of aromatic nitrogens is 2. The van der Waals surface area contributed by atoms with Gasteiger partial charge in [-0.15, -0.1) is 0 Å². The van der Waals surface area contributed by atoms with E-state index in [2.05, 4.69) is 27.2 Å². The fourth-order valence-corrected chi connectivity index (χ4v) is 5.04. The molecular formula is C25H26ClN5O4. The Kier molecular flexibility index (Phi) is 6.00. The number of aliphatic carboxylic acids is 1. The van der Waals surface area contributed by atoms with E-state index >= 15 is 0 Å². The monoisotopic (exact) mass is 495 g/mol. The lowest BCUT2D eigenvalue weighted by Gasteiger charge is -2.26. The number of carboxylic acid groups (broad SMARTS) is 1. The number of carboxylic acids is 1. The molecule has 9 nitrogen and oxygen atoms in total. The maximum atomic E-state index is 12.2. The lowest BCUT2D eigenvalue weighted by atomic mass is 9.83. The molecule has 10 heteroatoms. The first-order chi connectivity index (χ1) is 16.9.